The average Bonchev–Trinajstić information content (AvgIpc) is 2.59. The Balaban J connectivity index is 0.00000288. The molecule has 6 heteroatoms. The molecule has 0 unspecified atom stereocenters. The highest BCUT2D eigenvalue weighted by molar-refractivity contribution is 5.85. The summed E-state index contributed by atoms with van der Waals surface area (Å²) in [6, 6.07) is 9.76. The molecule has 0 saturated carbocycles. The lowest BCUT2D eigenvalue weighted by Gasteiger charge is -2.23. The minimum absolute atomic E-state index is 0. The maximum Gasteiger partial charge on any atom is 0.239 e. The van der Waals surface area contributed by atoms with Gasteiger partial charge >= 0.3 is 0 Å². The molecule has 0 atom stereocenters. The minimum atomic E-state index is -0.119. The summed E-state index contributed by atoms with van der Waals surface area (Å²) in [6.45, 7) is 2.72. The molecule has 1 aromatic rings. The maximum absolute atomic E-state index is 12.1. The molecule has 1 saturated heterocycles. The van der Waals surface area contributed by atoms with Crippen LogP contribution in [0.1, 0.15) is 31.2 Å². The summed E-state index contributed by atoms with van der Waals surface area (Å²) in [6.07, 6.45) is 3.76. The van der Waals surface area contributed by atoms with Crippen molar-refractivity contribution in [2.24, 2.45) is 5.92 Å². The van der Waals surface area contributed by atoms with Crippen LogP contribution in [-0.2, 0) is 16.1 Å². The predicted octanol–water partition coefficient (Wildman–Crippen LogP) is 1.96. The molecule has 2 amide bonds. The second-order valence-electron chi connectivity index (χ2n) is 6.24. The molecule has 1 aliphatic heterocycles. The normalized spacial score (nSPS) is 14.5. The van der Waals surface area contributed by atoms with Gasteiger partial charge in [0.25, 0.3) is 0 Å². The number of likely N-dealkylation sites (N-methyl/N-ethyl adjacent to an activating group) is 1. The number of amides is 2. The molecule has 0 bridgehead atoms. The summed E-state index contributed by atoms with van der Waals surface area (Å²) in [7, 11) is 1.70. The van der Waals surface area contributed by atoms with Crippen LogP contribution in [0.3, 0.4) is 0 Å². The smallest absolute Gasteiger partial charge is 0.239 e. The molecule has 0 aromatic heterocycles. The van der Waals surface area contributed by atoms with Crippen molar-refractivity contribution in [3.05, 3.63) is 35.9 Å². The van der Waals surface area contributed by atoms with Gasteiger partial charge in [-0.1, -0.05) is 30.3 Å². The Hall–Kier alpha value is -1.59. The molecule has 24 heavy (non-hydrogen) atoms. The SMILES string of the molecule is CN(CC(=O)NCc1ccccc1)C(=O)CCC1CCNCC1.Cl. The number of nitrogens with one attached hydrogen (secondary N) is 2. The largest absolute Gasteiger partial charge is 0.350 e. The highest BCUT2D eigenvalue weighted by Crippen LogP contribution is 2.18. The number of halogens is 1. The van der Waals surface area contributed by atoms with E-state index in [0.717, 1.165) is 37.9 Å². The molecular formula is C18H28ClN3O2. The average molecular weight is 354 g/mol. The second-order valence-corrected chi connectivity index (χ2v) is 6.24. The number of nitrogens with zero attached hydrogens (tertiary/aromatic N) is 1. The Labute approximate surface area is 150 Å². The zero-order valence-electron chi connectivity index (χ0n) is 14.3. The highest BCUT2D eigenvalue weighted by atomic mass is 35.5. The van der Waals surface area contributed by atoms with Crippen molar-refractivity contribution in [3.63, 3.8) is 0 Å². The van der Waals surface area contributed by atoms with E-state index in [0.29, 0.717) is 18.9 Å². The monoisotopic (exact) mass is 353 g/mol. The molecule has 1 heterocycles. The minimum Gasteiger partial charge on any atom is -0.350 e. The van der Waals surface area contributed by atoms with Gasteiger partial charge in [0.2, 0.25) is 11.8 Å². The third kappa shape index (κ3) is 7.32. The fourth-order valence-electron chi connectivity index (χ4n) is 2.84. The highest BCUT2D eigenvalue weighted by Gasteiger charge is 2.17. The fourth-order valence-corrected chi connectivity index (χ4v) is 2.84. The molecule has 0 radical (unpaired) electrons. The molecule has 0 spiro atoms. The number of carbonyl (C=O) groups excluding carboxylic acids is 2. The Morgan fingerprint density at radius 1 is 1.21 bits per heavy atom. The number of hydrogen-bond donors (Lipinski definition) is 2. The molecule has 134 valence electrons. The Bertz CT molecular complexity index is 504. The van der Waals surface area contributed by atoms with Gasteiger partial charge in [0.1, 0.15) is 0 Å². The summed E-state index contributed by atoms with van der Waals surface area (Å²) < 4.78 is 0. The van der Waals surface area contributed by atoms with Gasteiger partial charge in [-0.25, -0.2) is 0 Å². The molecule has 5 nitrogen and oxygen atoms in total. The van der Waals surface area contributed by atoms with Crippen molar-refractivity contribution in [3.8, 4) is 0 Å². The standard InChI is InChI=1S/C18H27N3O2.ClH/c1-21(18(23)8-7-15-9-11-19-12-10-15)14-17(22)20-13-16-5-3-2-4-6-16;/h2-6,15,19H,7-14H2,1H3,(H,20,22);1H. The topological polar surface area (TPSA) is 61.4 Å². The van der Waals surface area contributed by atoms with Crippen LogP contribution in [0.15, 0.2) is 30.3 Å². The van der Waals surface area contributed by atoms with Crippen LogP contribution in [0.2, 0.25) is 0 Å². The zero-order valence-corrected chi connectivity index (χ0v) is 15.1. The zero-order chi connectivity index (χ0) is 16.5. The van der Waals surface area contributed by atoms with Gasteiger partial charge in [0.05, 0.1) is 6.54 Å². The first kappa shape index (κ1) is 20.5. The van der Waals surface area contributed by atoms with E-state index < -0.39 is 0 Å². The first-order valence-electron chi connectivity index (χ1n) is 8.40. The third-order valence-electron chi connectivity index (χ3n) is 4.36. The van der Waals surface area contributed by atoms with Crippen LogP contribution in [0.5, 0.6) is 0 Å². The number of hydrogen-bond acceptors (Lipinski definition) is 3. The van der Waals surface area contributed by atoms with Gasteiger partial charge in [-0.3, -0.25) is 9.59 Å². The summed E-state index contributed by atoms with van der Waals surface area (Å²) in [5, 5.41) is 6.18. The lowest BCUT2D eigenvalue weighted by molar-refractivity contribution is -0.135. The van der Waals surface area contributed by atoms with Gasteiger partial charge < -0.3 is 15.5 Å². The summed E-state index contributed by atoms with van der Waals surface area (Å²) in [5.74, 6) is 0.575. The summed E-state index contributed by atoms with van der Waals surface area (Å²) in [5.41, 5.74) is 1.06. The van der Waals surface area contributed by atoms with E-state index in [-0.39, 0.29) is 30.8 Å². The second kappa shape index (κ2) is 11.0. The van der Waals surface area contributed by atoms with Crippen LogP contribution in [0.4, 0.5) is 0 Å². The molecule has 2 N–H and O–H groups in total. The summed E-state index contributed by atoms with van der Waals surface area (Å²) >= 11 is 0. The van der Waals surface area contributed by atoms with E-state index in [9.17, 15) is 9.59 Å². The van der Waals surface area contributed by atoms with E-state index in [1.807, 2.05) is 30.3 Å². The van der Waals surface area contributed by atoms with Crippen LogP contribution >= 0.6 is 12.4 Å². The van der Waals surface area contributed by atoms with Gasteiger partial charge in [-0.15, -0.1) is 12.4 Å². The van der Waals surface area contributed by atoms with Crippen molar-refractivity contribution < 1.29 is 9.59 Å². The first-order chi connectivity index (χ1) is 11.1. The van der Waals surface area contributed by atoms with Crippen molar-refractivity contribution in [2.75, 3.05) is 26.7 Å². The summed E-state index contributed by atoms with van der Waals surface area (Å²) in [4.78, 5) is 25.6. The van der Waals surface area contributed by atoms with Crippen molar-refractivity contribution in [1.29, 1.82) is 0 Å². The van der Waals surface area contributed by atoms with Crippen LogP contribution in [-0.4, -0.2) is 43.4 Å². The molecule has 1 aromatic carbocycles. The molecule has 1 aliphatic rings. The van der Waals surface area contributed by atoms with Gasteiger partial charge in [-0.2, -0.15) is 0 Å². The van der Waals surface area contributed by atoms with Gasteiger partial charge in [0, 0.05) is 20.0 Å². The molecule has 0 aliphatic carbocycles. The van der Waals surface area contributed by atoms with Gasteiger partial charge in [-0.05, 0) is 43.8 Å². The Kier molecular flexibility index (Phi) is 9.42. The first-order valence-corrected chi connectivity index (χ1v) is 8.40. The van der Waals surface area contributed by atoms with E-state index in [4.69, 9.17) is 0 Å². The quantitative estimate of drug-likeness (QED) is 0.787. The van der Waals surface area contributed by atoms with E-state index >= 15 is 0 Å². The lowest BCUT2D eigenvalue weighted by atomic mass is 9.93. The van der Waals surface area contributed by atoms with Crippen molar-refractivity contribution in [1.82, 2.24) is 15.5 Å². The van der Waals surface area contributed by atoms with Crippen LogP contribution < -0.4 is 10.6 Å². The number of piperidine rings is 1. The third-order valence-corrected chi connectivity index (χ3v) is 4.36. The van der Waals surface area contributed by atoms with E-state index in [1.165, 1.54) is 4.90 Å². The lowest BCUT2D eigenvalue weighted by Crippen LogP contribution is -2.38. The van der Waals surface area contributed by atoms with E-state index in [1.54, 1.807) is 7.05 Å². The fraction of sp³-hybridized carbons (Fsp3) is 0.556. The maximum atomic E-state index is 12.1. The Morgan fingerprint density at radius 2 is 1.88 bits per heavy atom. The van der Waals surface area contributed by atoms with Gasteiger partial charge in [0.15, 0.2) is 0 Å². The predicted molar refractivity (Wildman–Crippen MR) is 98.0 cm³/mol. The molecule has 2 rings (SSSR count). The molecule has 1 fully saturated rings. The molecular weight excluding hydrogens is 326 g/mol. The number of benzene rings is 1. The van der Waals surface area contributed by atoms with Crippen LogP contribution in [0.25, 0.3) is 0 Å². The van der Waals surface area contributed by atoms with Crippen LogP contribution in [0, 0.1) is 5.92 Å². The van der Waals surface area contributed by atoms with Crippen molar-refractivity contribution in [2.45, 2.75) is 32.2 Å². The van der Waals surface area contributed by atoms with Crippen molar-refractivity contribution >= 4 is 24.2 Å². The number of rotatable bonds is 7. The Morgan fingerprint density at radius 3 is 2.54 bits per heavy atom. The van der Waals surface area contributed by atoms with E-state index in [2.05, 4.69) is 10.6 Å². The number of carbonyl (C=O) groups is 2.